The van der Waals surface area contributed by atoms with Gasteiger partial charge in [0.15, 0.2) is 0 Å². The molecule has 0 saturated carbocycles. The minimum Gasteiger partial charge on any atom is -0.249 e. The van der Waals surface area contributed by atoms with E-state index in [2.05, 4.69) is 46.3 Å². The summed E-state index contributed by atoms with van der Waals surface area (Å²) in [6, 6.07) is 0. The first kappa shape index (κ1) is 14.0. The predicted molar refractivity (Wildman–Crippen MR) is 70.3 cm³/mol. The lowest BCUT2D eigenvalue weighted by atomic mass is 10.1. The second-order valence-electron chi connectivity index (χ2n) is 4.93. The van der Waals surface area contributed by atoms with Gasteiger partial charge in [-0.3, -0.25) is 0 Å². The molecule has 1 nitrogen and oxygen atoms in total. The van der Waals surface area contributed by atoms with Crippen molar-refractivity contribution in [2.45, 2.75) is 51.8 Å². The highest BCUT2D eigenvalue weighted by atomic mass is 33.1. The van der Waals surface area contributed by atoms with Crippen molar-refractivity contribution in [3.63, 3.8) is 0 Å². The third-order valence-electron chi connectivity index (χ3n) is 0.947. The Hall–Kier alpha value is 1.01. The molecule has 0 aliphatic rings. The van der Waals surface area contributed by atoms with Crippen molar-refractivity contribution in [2.24, 2.45) is 0 Å². The Balaban J connectivity index is 3.28. The minimum atomic E-state index is 0.212. The van der Waals surface area contributed by atoms with E-state index in [0.29, 0.717) is 4.75 Å². The quantitative estimate of drug-likeness (QED) is 0.342. The molecule has 0 aliphatic carbocycles. The van der Waals surface area contributed by atoms with Crippen LogP contribution in [-0.4, -0.2) is 15.4 Å². The van der Waals surface area contributed by atoms with E-state index in [9.17, 15) is 0 Å². The van der Waals surface area contributed by atoms with Gasteiger partial charge in [-0.25, -0.2) is 4.72 Å². The molecular formula is C9H21NS3. The van der Waals surface area contributed by atoms with Gasteiger partial charge in [-0.15, -0.1) is 11.8 Å². The van der Waals surface area contributed by atoms with Gasteiger partial charge in [-0.2, -0.15) is 0 Å². The molecule has 0 bridgehead atoms. The zero-order valence-electron chi connectivity index (χ0n) is 9.43. The molecule has 0 fully saturated rings. The molecule has 13 heavy (non-hydrogen) atoms. The van der Waals surface area contributed by atoms with E-state index in [1.54, 1.807) is 11.0 Å². The molecule has 0 aromatic heterocycles. The van der Waals surface area contributed by atoms with E-state index in [1.165, 1.54) is 0 Å². The van der Waals surface area contributed by atoms with Crippen LogP contribution in [0.1, 0.15) is 41.5 Å². The van der Waals surface area contributed by atoms with Gasteiger partial charge in [0.2, 0.25) is 0 Å². The lowest BCUT2D eigenvalue weighted by Crippen LogP contribution is -2.29. The van der Waals surface area contributed by atoms with Crippen LogP contribution < -0.4 is 4.72 Å². The van der Waals surface area contributed by atoms with Crippen molar-refractivity contribution in [3.05, 3.63) is 0 Å². The van der Waals surface area contributed by atoms with E-state index >= 15 is 0 Å². The second kappa shape index (κ2) is 5.79. The average molecular weight is 239 g/mol. The molecule has 1 N–H and O–H groups in total. The van der Waals surface area contributed by atoms with Gasteiger partial charge in [-0.1, -0.05) is 31.6 Å². The monoisotopic (exact) mass is 239 g/mol. The predicted octanol–water partition coefficient (Wildman–Crippen LogP) is 4.16. The molecule has 0 amide bonds. The first-order valence-electron chi connectivity index (χ1n) is 4.40. The van der Waals surface area contributed by atoms with Gasteiger partial charge in [0.25, 0.3) is 0 Å². The fourth-order valence-electron chi connectivity index (χ4n) is 0.379. The van der Waals surface area contributed by atoms with E-state index in [4.69, 9.17) is 0 Å². The molecule has 0 aromatic carbocycles. The Morgan fingerprint density at radius 2 is 1.54 bits per heavy atom. The Bertz CT molecular complexity index is 119. The van der Waals surface area contributed by atoms with Gasteiger partial charge in [0.05, 0.1) is 5.08 Å². The van der Waals surface area contributed by atoms with Crippen LogP contribution in [0.4, 0.5) is 0 Å². The van der Waals surface area contributed by atoms with Crippen LogP contribution in [0.5, 0.6) is 0 Å². The molecule has 0 unspecified atom stereocenters. The largest absolute Gasteiger partial charge is 0.249 e. The molecule has 80 valence electrons. The zero-order chi connectivity index (χ0) is 10.5. The van der Waals surface area contributed by atoms with Crippen molar-refractivity contribution in [2.75, 3.05) is 5.08 Å². The van der Waals surface area contributed by atoms with Gasteiger partial charge < -0.3 is 0 Å². The topological polar surface area (TPSA) is 12.0 Å². The Morgan fingerprint density at radius 1 is 1.00 bits per heavy atom. The van der Waals surface area contributed by atoms with Crippen LogP contribution in [0, 0.1) is 0 Å². The van der Waals surface area contributed by atoms with Crippen LogP contribution in [-0.2, 0) is 0 Å². The molecule has 4 heteroatoms. The molecule has 0 rings (SSSR count). The summed E-state index contributed by atoms with van der Waals surface area (Å²) < 4.78 is 3.76. The van der Waals surface area contributed by atoms with Crippen molar-refractivity contribution in [3.8, 4) is 0 Å². The van der Waals surface area contributed by atoms with Crippen molar-refractivity contribution >= 4 is 33.5 Å². The molecule has 0 aromatic rings. The third-order valence-corrected chi connectivity index (χ3v) is 4.95. The Morgan fingerprint density at radius 3 is 1.92 bits per heavy atom. The zero-order valence-corrected chi connectivity index (χ0v) is 11.9. The van der Waals surface area contributed by atoms with Crippen LogP contribution in [0.3, 0.4) is 0 Å². The SMILES string of the molecule is CC(C)(C)NSSCSC(C)(C)C. The van der Waals surface area contributed by atoms with Gasteiger partial charge in [0, 0.05) is 10.3 Å². The highest BCUT2D eigenvalue weighted by Crippen LogP contribution is 2.32. The maximum atomic E-state index is 3.37. The minimum absolute atomic E-state index is 0.212. The summed E-state index contributed by atoms with van der Waals surface area (Å²) in [5.74, 6) is 0. The summed E-state index contributed by atoms with van der Waals surface area (Å²) in [4.78, 5) is 0. The van der Waals surface area contributed by atoms with E-state index in [0.717, 1.165) is 5.08 Å². The average Bonchev–Trinajstić information content (AvgIpc) is 1.81. The van der Waals surface area contributed by atoms with Crippen molar-refractivity contribution in [1.82, 2.24) is 4.72 Å². The molecule has 0 radical (unpaired) electrons. The fraction of sp³-hybridized carbons (Fsp3) is 1.00. The Kier molecular flexibility index (Phi) is 6.23. The van der Waals surface area contributed by atoms with Gasteiger partial charge >= 0.3 is 0 Å². The van der Waals surface area contributed by atoms with Gasteiger partial charge in [0.1, 0.15) is 0 Å². The van der Waals surface area contributed by atoms with Crippen LogP contribution >= 0.6 is 33.5 Å². The number of nitrogens with one attached hydrogen (secondary N) is 1. The summed E-state index contributed by atoms with van der Waals surface area (Å²) in [6.07, 6.45) is 0. The molecule has 0 spiro atoms. The summed E-state index contributed by atoms with van der Waals surface area (Å²) in [5.41, 5.74) is 0.212. The van der Waals surface area contributed by atoms with Crippen LogP contribution in [0.2, 0.25) is 0 Å². The summed E-state index contributed by atoms with van der Waals surface area (Å²) >= 11 is 1.99. The van der Waals surface area contributed by atoms with Gasteiger partial charge in [-0.05, 0) is 31.8 Å². The summed E-state index contributed by atoms with van der Waals surface area (Å²) in [7, 11) is 3.62. The summed E-state index contributed by atoms with van der Waals surface area (Å²) in [5, 5.41) is 1.14. The number of hydrogen-bond donors (Lipinski definition) is 1. The standard InChI is InChI=1S/C9H21NS3/c1-8(2,3)10-13-12-7-11-9(4,5)6/h10H,7H2,1-6H3. The summed E-state index contributed by atoms with van der Waals surface area (Å²) in [6.45, 7) is 13.3. The lowest BCUT2D eigenvalue weighted by Gasteiger charge is -2.20. The maximum absolute atomic E-state index is 3.37. The highest BCUT2D eigenvalue weighted by molar-refractivity contribution is 8.77. The molecule has 0 atom stereocenters. The normalized spacial score (nSPS) is 13.4. The molecular weight excluding hydrogens is 218 g/mol. The number of hydrogen-bond acceptors (Lipinski definition) is 4. The molecule has 0 aliphatic heterocycles. The first-order valence-corrected chi connectivity index (χ1v) is 7.71. The number of rotatable bonds is 4. The highest BCUT2D eigenvalue weighted by Gasteiger charge is 2.11. The van der Waals surface area contributed by atoms with Crippen LogP contribution in [0.25, 0.3) is 0 Å². The molecule has 0 heterocycles. The Labute approximate surface area is 95.1 Å². The van der Waals surface area contributed by atoms with Crippen molar-refractivity contribution < 1.29 is 0 Å². The molecule has 0 saturated heterocycles. The van der Waals surface area contributed by atoms with E-state index in [1.807, 2.05) is 22.6 Å². The third kappa shape index (κ3) is 13.0. The fourth-order valence-corrected chi connectivity index (χ4v) is 4.28. The van der Waals surface area contributed by atoms with E-state index < -0.39 is 0 Å². The van der Waals surface area contributed by atoms with E-state index in [-0.39, 0.29) is 5.54 Å². The van der Waals surface area contributed by atoms with Crippen LogP contribution in [0.15, 0.2) is 0 Å². The smallest absolute Gasteiger partial charge is 0.0513 e. The first-order chi connectivity index (χ1) is 5.71. The maximum Gasteiger partial charge on any atom is 0.0513 e. The second-order valence-corrected chi connectivity index (χ2v) is 9.20. The van der Waals surface area contributed by atoms with Crippen molar-refractivity contribution in [1.29, 1.82) is 0 Å². The lowest BCUT2D eigenvalue weighted by molar-refractivity contribution is 0.537. The number of thioether (sulfide) groups is 1.